The second kappa shape index (κ2) is 6.47. The van der Waals surface area contributed by atoms with Crippen LogP contribution in [0.3, 0.4) is 0 Å². The molecular weight excluding hydrogens is 212 g/mol. The van der Waals surface area contributed by atoms with Gasteiger partial charge in [0, 0.05) is 35.9 Å². The smallest absolute Gasteiger partial charge is 0.212 e. The molecule has 80 valence electrons. The summed E-state index contributed by atoms with van der Waals surface area (Å²) in [6.07, 6.45) is 2.18. The summed E-state index contributed by atoms with van der Waals surface area (Å²) in [7, 11) is -4.06. The van der Waals surface area contributed by atoms with E-state index in [-0.39, 0.29) is 12.3 Å². The normalized spacial score (nSPS) is 14.3. The maximum atomic E-state index is 11.0. The lowest BCUT2D eigenvalue weighted by molar-refractivity contribution is 0.580. The molecule has 1 atom stereocenters. The van der Waals surface area contributed by atoms with Crippen LogP contribution >= 0.6 is 0 Å². The number of nitrogens with one attached hydrogen (secondary N) is 1. The third-order valence-electron chi connectivity index (χ3n) is 1.32. The lowest BCUT2D eigenvalue weighted by atomic mass is 10.5. The molecular formula is C6H16N2O3S2. The quantitative estimate of drug-likeness (QED) is 0.526. The molecule has 0 aromatic heterocycles. The van der Waals surface area contributed by atoms with E-state index in [1.165, 1.54) is 0 Å². The maximum absolute atomic E-state index is 11.0. The highest BCUT2D eigenvalue weighted by molar-refractivity contribution is 7.89. The van der Waals surface area contributed by atoms with Gasteiger partial charge in [-0.25, -0.2) is 13.1 Å². The van der Waals surface area contributed by atoms with Gasteiger partial charge in [0.25, 0.3) is 0 Å². The van der Waals surface area contributed by atoms with Gasteiger partial charge in [-0.15, -0.1) is 0 Å². The first-order chi connectivity index (χ1) is 5.98. The van der Waals surface area contributed by atoms with Crippen LogP contribution in [0.1, 0.15) is 6.42 Å². The summed E-state index contributed by atoms with van der Waals surface area (Å²) >= 11 is 0. The van der Waals surface area contributed by atoms with Crippen LogP contribution in [0.25, 0.3) is 0 Å². The molecule has 0 aromatic rings. The molecule has 0 aliphatic rings. The van der Waals surface area contributed by atoms with E-state index in [0.29, 0.717) is 18.7 Å². The topological polar surface area (TPSA) is 89.3 Å². The zero-order valence-corrected chi connectivity index (χ0v) is 9.29. The Hall–Kier alpha value is 0.0200. The second-order valence-electron chi connectivity index (χ2n) is 2.63. The summed E-state index contributed by atoms with van der Waals surface area (Å²) in [5, 5.41) is 0. The number of rotatable bonds is 7. The van der Waals surface area contributed by atoms with Gasteiger partial charge in [-0.3, -0.25) is 4.21 Å². The van der Waals surface area contributed by atoms with Gasteiger partial charge < -0.3 is 5.73 Å². The minimum atomic E-state index is -3.20. The van der Waals surface area contributed by atoms with Crippen LogP contribution in [0.15, 0.2) is 0 Å². The Morgan fingerprint density at radius 3 is 2.54 bits per heavy atom. The second-order valence-corrected chi connectivity index (χ2v) is 6.11. The van der Waals surface area contributed by atoms with Crippen molar-refractivity contribution in [3.8, 4) is 0 Å². The molecule has 0 rings (SSSR count). The average Bonchev–Trinajstić information content (AvgIpc) is 1.98. The van der Waals surface area contributed by atoms with E-state index in [2.05, 4.69) is 4.72 Å². The fraction of sp³-hybridized carbons (Fsp3) is 1.00. The van der Waals surface area contributed by atoms with Gasteiger partial charge in [0.05, 0.1) is 5.75 Å². The lowest BCUT2D eigenvalue weighted by Gasteiger charge is -2.03. The SMILES string of the molecule is CS(=O)CCCNS(=O)(=O)CCN. The van der Waals surface area contributed by atoms with E-state index in [1.54, 1.807) is 6.26 Å². The van der Waals surface area contributed by atoms with Gasteiger partial charge in [0.2, 0.25) is 10.0 Å². The van der Waals surface area contributed by atoms with Crippen molar-refractivity contribution in [3.63, 3.8) is 0 Å². The van der Waals surface area contributed by atoms with Crippen molar-refractivity contribution in [2.75, 3.05) is 30.9 Å². The van der Waals surface area contributed by atoms with E-state index >= 15 is 0 Å². The zero-order valence-electron chi connectivity index (χ0n) is 7.65. The summed E-state index contributed by atoms with van der Waals surface area (Å²) in [4.78, 5) is 0. The van der Waals surface area contributed by atoms with E-state index in [4.69, 9.17) is 5.73 Å². The zero-order chi connectivity index (χ0) is 10.3. The molecule has 0 fully saturated rings. The molecule has 0 saturated carbocycles. The van der Waals surface area contributed by atoms with Crippen molar-refractivity contribution >= 4 is 20.8 Å². The molecule has 0 radical (unpaired) electrons. The summed E-state index contributed by atoms with van der Waals surface area (Å²) < 4.78 is 35.0. The van der Waals surface area contributed by atoms with Crippen LogP contribution < -0.4 is 10.5 Å². The Bertz CT molecular complexity index is 251. The third kappa shape index (κ3) is 8.35. The highest BCUT2D eigenvalue weighted by Gasteiger charge is 2.06. The van der Waals surface area contributed by atoms with Crippen molar-refractivity contribution in [3.05, 3.63) is 0 Å². The fourth-order valence-corrected chi connectivity index (χ4v) is 2.19. The third-order valence-corrected chi connectivity index (χ3v) is 3.60. The van der Waals surface area contributed by atoms with Gasteiger partial charge in [-0.1, -0.05) is 0 Å². The van der Waals surface area contributed by atoms with Crippen molar-refractivity contribution in [2.24, 2.45) is 5.73 Å². The van der Waals surface area contributed by atoms with Crippen LogP contribution in [0.2, 0.25) is 0 Å². The van der Waals surface area contributed by atoms with E-state index in [9.17, 15) is 12.6 Å². The first kappa shape index (κ1) is 13.0. The molecule has 0 heterocycles. The molecule has 5 nitrogen and oxygen atoms in total. The van der Waals surface area contributed by atoms with Gasteiger partial charge in [0.15, 0.2) is 0 Å². The first-order valence-corrected chi connectivity index (χ1v) is 7.33. The Balaban J connectivity index is 3.58. The highest BCUT2D eigenvalue weighted by atomic mass is 32.2. The summed E-state index contributed by atoms with van der Waals surface area (Å²) in [5.74, 6) is 0.466. The van der Waals surface area contributed by atoms with Gasteiger partial charge in [0.1, 0.15) is 0 Å². The van der Waals surface area contributed by atoms with E-state index in [1.807, 2.05) is 0 Å². The van der Waals surface area contributed by atoms with Crippen molar-refractivity contribution in [2.45, 2.75) is 6.42 Å². The lowest BCUT2D eigenvalue weighted by Crippen LogP contribution is -2.31. The molecule has 3 N–H and O–H groups in total. The molecule has 0 spiro atoms. The molecule has 0 saturated heterocycles. The summed E-state index contributed by atoms with van der Waals surface area (Å²) in [6, 6.07) is 0. The predicted molar refractivity (Wildman–Crippen MR) is 54.4 cm³/mol. The number of sulfonamides is 1. The minimum Gasteiger partial charge on any atom is -0.329 e. The summed E-state index contributed by atoms with van der Waals surface area (Å²) in [6.45, 7) is 0.455. The molecule has 1 unspecified atom stereocenters. The molecule has 0 aromatic carbocycles. The number of hydrogen-bond acceptors (Lipinski definition) is 4. The van der Waals surface area contributed by atoms with Crippen molar-refractivity contribution in [1.82, 2.24) is 4.72 Å². The highest BCUT2D eigenvalue weighted by Crippen LogP contribution is 1.86. The Kier molecular flexibility index (Phi) is 6.48. The molecule has 0 aliphatic carbocycles. The molecule has 0 amide bonds. The van der Waals surface area contributed by atoms with Crippen molar-refractivity contribution in [1.29, 1.82) is 0 Å². The molecule has 0 aliphatic heterocycles. The largest absolute Gasteiger partial charge is 0.329 e. The van der Waals surface area contributed by atoms with Gasteiger partial charge in [-0.05, 0) is 6.42 Å². The fourth-order valence-electron chi connectivity index (χ4n) is 0.730. The maximum Gasteiger partial charge on any atom is 0.212 e. The van der Waals surface area contributed by atoms with E-state index < -0.39 is 20.8 Å². The van der Waals surface area contributed by atoms with Gasteiger partial charge in [-0.2, -0.15) is 0 Å². The number of nitrogens with two attached hydrogens (primary N) is 1. The first-order valence-electron chi connectivity index (χ1n) is 3.95. The van der Waals surface area contributed by atoms with E-state index in [0.717, 1.165) is 0 Å². The van der Waals surface area contributed by atoms with Crippen LogP contribution in [0.5, 0.6) is 0 Å². The molecule has 0 bridgehead atoms. The van der Waals surface area contributed by atoms with Crippen LogP contribution in [-0.2, 0) is 20.8 Å². The monoisotopic (exact) mass is 228 g/mol. The van der Waals surface area contributed by atoms with Crippen LogP contribution in [-0.4, -0.2) is 43.5 Å². The van der Waals surface area contributed by atoms with Crippen LogP contribution in [0.4, 0.5) is 0 Å². The Morgan fingerprint density at radius 2 is 2.08 bits per heavy atom. The van der Waals surface area contributed by atoms with Gasteiger partial charge >= 0.3 is 0 Å². The standard InChI is InChI=1S/C6H16N2O3S2/c1-12(9)5-2-4-8-13(10,11)6-3-7/h8H,2-7H2,1H3. The van der Waals surface area contributed by atoms with Crippen molar-refractivity contribution < 1.29 is 12.6 Å². The average molecular weight is 228 g/mol. The number of hydrogen-bond donors (Lipinski definition) is 2. The molecule has 7 heteroatoms. The predicted octanol–water partition coefficient (Wildman–Crippen LogP) is -1.37. The minimum absolute atomic E-state index is 0.0534. The summed E-state index contributed by atoms with van der Waals surface area (Å²) in [5.41, 5.74) is 5.10. The Morgan fingerprint density at radius 1 is 1.46 bits per heavy atom. The molecule has 13 heavy (non-hydrogen) atoms. The Labute approximate surface area is 81.6 Å². The van der Waals surface area contributed by atoms with Crippen LogP contribution in [0, 0.1) is 0 Å².